The molecule has 1 aromatic carbocycles. The Hall–Kier alpha value is -1.13. The molecule has 18 heavy (non-hydrogen) atoms. The van der Waals surface area contributed by atoms with Gasteiger partial charge in [-0.3, -0.25) is 4.79 Å². The molecule has 1 aliphatic rings. The molecule has 1 aromatic rings. The van der Waals surface area contributed by atoms with Crippen molar-refractivity contribution in [3.8, 4) is 0 Å². The average Bonchev–Trinajstić information content (AvgIpc) is 2.28. The van der Waals surface area contributed by atoms with Crippen molar-refractivity contribution in [2.24, 2.45) is 5.73 Å². The smallest absolute Gasteiger partial charge is 0.242 e. The van der Waals surface area contributed by atoms with E-state index >= 15 is 0 Å². The summed E-state index contributed by atoms with van der Waals surface area (Å²) < 4.78 is 12.7. The zero-order valence-corrected chi connectivity index (χ0v) is 11.2. The zero-order valence-electron chi connectivity index (χ0n) is 10.4. The highest BCUT2D eigenvalue weighted by atomic mass is 35.5. The summed E-state index contributed by atoms with van der Waals surface area (Å²) in [7, 11) is 1.73. The van der Waals surface area contributed by atoms with Crippen LogP contribution in [0.3, 0.4) is 0 Å². The number of carbonyl (C=O) groups is 1. The van der Waals surface area contributed by atoms with Gasteiger partial charge >= 0.3 is 0 Å². The summed E-state index contributed by atoms with van der Waals surface area (Å²) in [6.45, 7) is 0.470. The normalized spacial score (nSPS) is 16.4. The van der Waals surface area contributed by atoms with Crippen LogP contribution in [0.1, 0.15) is 24.8 Å². The van der Waals surface area contributed by atoms with E-state index in [-0.39, 0.29) is 24.1 Å². The Kier molecular flexibility index (Phi) is 4.71. The molecule has 2 N–H and O–H groups in total. The van der Waals surface area contributed by atoms with Gasteiger partial charge in [0.1, 0.15) is 5.82 Å². The zero-order chi connectivity index (χ0) is 12.5. The van der Waals surface area contributed by atoms with E-state index in [4.69, 9.17) is 5.73 Å². The van der Waals surface area contributed by atoms with E-state index in [0.29, 0.717) is 6.54 Å². The van der Waals surface area contributed by atoms with E-state index in [0.717, 1.165) is 24.8 Å². The van der Waals surface area contributed by atoms with E-state index in [2.05, 4.69) is 0 Å². The lowest BCUT2D eigenvalue weighted by Gasteiger charge is -2.39. The molecular weight excluding hydrogens is 255 g/mol. The molecule has 1 amide bonds. The predicted molar refractivity (Wildman–Crippen MR) is 70.9 cm³/mol. The largest absolute Gasteiger partial charge is 0.340 e. The lowest BCUT2D eigenvalue weighted by atomic mass is 9.76. The molecule has 5 heteroatoms. The van der Waals surface area contributed by atoms with Crippen LogP contribution in [-0.4, -0.2) is 23.4 Å². The van der Waals surface area contributed by atoms with Gasteiger partial charge in [-0.15, -0.1) is 12.4 Å². The number of hydrogen-bond donors (Lipinski definition) is 1. The number of nitrogens with zero attached hydrogens (tertiary/aromatic N) is 1. The van der Waals surface area contributed by atoms with Gasteiger partial charge in [0.25, 0.3) is 0 Å². The Labute approximate surface area is 113 Å². The minimum atomic E-state index is -0.658. The topological polar surface area (TPSA) is 46.3 Å². The molecule has 0 spiro atoms. The Morgan fingerprint density at radius 1 is 1.39 bits per heavy atom. The molecule has 3 nitrogen and oxygen atoms in total. The quantitative estimate of drug-likeness (QED) is 0.916. The maximum Gasteiger partial charge on any atom is 0.242 e. The van der Waals surface area contributed by atoms with E-state index in [1.165, 1.54) is 12.1 Å². The molecule has 0 saturated heterocycles. The molecule has 1 aliphatic carbocycles. The van der Waals surface area contributed by atoms with Crippen LogP contribution in [0.5, 0.6) is 0 Å². The number of likely N-dealkylation sites (N-methyl/N-ethyl adjacent to an activating group) is 1. The number of halogens is 2. The summed E-state index contributed by atoms with van der Waals surface area (Å²) in [6, 6.07) is 6.16. The fourth-order valence-corrected chi connectivity index (χ4v) is 2.09. The first kappa shape index (κ1) is 14.9. The minimum absolute atomic E-state index is 0. The first-order valence-corrected chi connectivity index (χ1v) is 5.80. The number of amides is 1. The maximum absolute atomic E-state index is 12.7. The molecule has 1 saturated carbocycles. The SMILES string of the molecule is CN(Cc1ccc(F)cc1)C(=O)C1(N)CCC1.Cl. The van der Waals surface area contributed by atoms with E-state index in [9.17, 15) is 9.18 Å². The van der Waals surface area contributed by atoms with Gasteiger partial charge in [0.15, 0.2) is 0 Å². The molecule has 2 rings (SSSR count). The van der Waals surface area contributed by atoms with Gasteiger partial charge in [-0.1, -0.05) is 12.1 Å². The van der Waals surface area contributed by atoms with Gasteiger partial charge in [0, 0.05) is 13.6 Å². The minimum Gasteiger partial charge on any atom is -0.340 e. The number of carbonyl (C=O) groups excluding carboxylic acids is 1. The monoisotopic (exact) mass is 272 g/mol. The van der Waals surface area contributed by atoms with Crippen LogP contribution in [0.25, 0.3) is 0 Å². The Balaban J connectivity index is 0.00000162. The van der Waals surface area contributed by atoms with Crippen LogP contribution >= 0.6 is 12.4 Å². The van der Waals surface area contributed by atoms with Gasteiger partial charge in [-0.2, -0.15) is 0 Å². The van der Waals surface area contributed by atoms with Gasteiger partial charge in [-0.05, 0) is 37.0 Å². The molecule has 0 unspecified atom stereocenters. The number of benzene rings is 1. The molecule has 0 aromatic heterocycles. The molecule has 0 radical (unpaired) electrons. The number of nitrogens with two attached hydrogens (primary N) is 1. The Morgan fingerprint density at radius 3 is 2.39 bits per heavy atom. The lowest BCUT2D eigenvalue weighted by molar-refractivity contribution is -0.139. The van der Waals surface area contributed by atoms with E-state index in [1.54, 1.807) is 24.1 Å². The van der Waals surface area contributed by atoms with Crippen molar-refractivity contribution >= 4 is 18.3 Å². The molecular formula is C13H18ClFN2O. The Bertz CT molecular complexity index is 418. The summed E-state index contributed by atoms with van der Waals surface area (Å²) in [5, 5.41) is 0. The predicted octanol–water partition coefficient (Wildman–Crippen LogP) is 2.09. The van der Waals surface area contributed by atoms with Crippen molar-refractivity contribution < 1.29 is 9.18 Å². The second kappa shape index (κ2) is 5.67. The summed E-state index contributed by atoms with van der Waals surface area (Å²) in [4.78, 5) is 13.7. The highest BCUT2D eigenvalue weighted by molar-refractivity contribution is 5.86. The van der Waals surface area contributed by atoms with Gasteiger partial charge in [0.2, 0.25) is 5.91 Å². The maximum atomic E-state index is 12.7. The third kappa shape index (κ3) is 3.00. The highest BCUT2D eigenvalue weighted by Gasteiger charge is 2.41. The highest BCUT2D eigenvalue weighted by Crippen LogP contribution is 2.30. The summed E-state index contributed by atoms with van der Waals surface area (Å²) >= 11 is 0. The third-order valence-electron chi connectivity index (χ3n) is 3.35. The first-order valence-electron chi connectivity index (χ1n) is 5.80. The van der Waals surface area contributed by atoms with Crippen molar-refractivity contribution in [2.75, 3.05) is 7.05 Å². The standard InChI is InChI=1S/C13H17FN2O.ClH/c1-16(12(17)13(15)7-2-8-13)9-10-3-5-11(14)6-4-10;/h3-6H,2,7-9,15H2,1H3;1H. The van der Waals surface area contributed by atoms with E-state index < -0.39 is 5.54 Å². The van der Waals surface area contributed by atoms with Crippen molar-refractivity contribution in [1.29, 1.82) is 0 Å². The molecule has 0 aliphatic heterocycles. The van der Waals surface area contributed by atoms with E-state index in [1.807, 2.05) is 0 Å². The molecule has 100 valence electrons. The van der Waals surface area contributed by atoms with Crippen LogP contribution in [-0.2, 0) is 11.3 Å². The van der Waals surface area contributed by atoms with Crippen molar-refractivity contribution in [1.82, 2.24) is 4.90 Å². The van der Waals surface area contributed by atoms with Crippen LogP contribution < -0.4 is 5.73 Å². The summed E-state index contributed by atoms with van der Waals surface area (Å²) in [5.41, 5.74) is 6.22. The van der Waals surface area contributed by atoms with Gasteiger partial charge < -0.3 is 10.6 Å². The summed E-state index contributed by atoms with van der Waals surface area (Å²) in [5.74, 6) is -0.287. The van der Waals surface area contributed by atoms with Crippen LogP contribution in [0.4, 0.5) is 4.39 Å². The lowest BCUT2D eigenvalue weighted by Crippen LogP contribution is -2.58. The molecule has 0 atom stereocenters. The van der Waals surface area contributed by atoms with Crippen LogP contribution in [0, 0.1) is 5.82 Å². The molecule has 0 bridgehead atoms. The van der Waals surface area contributed by atoms with Gasteiger partial charge in [-0.25, -0.2) is 4.39 Å². The second-order valence-electron chi connectivity index (χ2n) is 4.80. The van der Waals surface area contributed by atoms with Gasteiger partial charge in [0.05, 0.1) is 5.54 Å². The van der Waals surface area contributed by atoms with Crippen molar-refractivity contribution in [2.45, 2.75) is 31.3 Å². The fourth-order valence-electron chi connectivity index (χ4n) is 2.09. The number of hydrogen-bond acceptors (Lipinski definition) is 2. The average molecular weight is 273 g/mol. The second-order valence-corrected chi connectivity index (χ2v) is 4.80. The molecule has 1 fully saturated rings. The van der Waals surface area contributed by atoms with Crippen molar-refractivity contribution in [3.63, 3.8) is 0 Å². The van der Waals surface area contributed by atoms with Crippen LogP contribution in [0.2, 0.25) is 0 Å². The van der Waals surface area contributed by atoms with Crippen LogP contribution in [0.15, 0.2) is 24.3 Å². The van der Waals surface area contributed by atoms with Crippen molar-refractivity contribution in [3.05, 3.63) is 35.6 Å². The first-order chi connectivity index (χ1) is 8.01. The third-order valence-corrected chi connectivity index (χ3v) is 3.35. The Morgan fingerprint density at radius 2 is 1.94 bits per heavy atom. The number of rotatable bonds is 3. The molecule has 0 heterocycles. The summed E-state index contributed by atoms with van der Waals surface area (Å²) in [6.07, 6.45) is 2.55. The fraction of sp³-hybridized carbons (Fsp3) is 0.462.